The summed E-state index contributed by atoms with van der Waals surface area (Å²) in [7, 11) is 0. The second kappa shape index (κ2) is 13.4. The minimum atomic E-state index is -4.51. The lowest BCUT2D eigenvalue weighted by Gasteiger charge is -2.34. The summed E-state index contributed by atoms with van der Waals surface area (Å²) in [6.07, 6.45) is -4.00. The smallest absolute Gasteiger partial charge is 0.252 e. The highest BCUT2D eigenvalue weighted by Gasteiger charge is 2.41. The molecule has 8 heteroatoms. The number of pyridine rings is 1. The monoisotopic (exact) mass is 687 g/mol. The maximum atomic E-state index is 14.0. The molecule has 0 bridgehead atoms. The van der Waals surface area contributed by atoms with Gasteiger partial charge in [0.25, 0.3) is 0 Å². The number of halogens is 3. The lowest BCUT2D eigenvalue weighted by molar-refractivity contribution is -0.136. The van der Waals surface area contributed by atoms with Crippen molar-refractivity contribution in [3.63, 3.8) is 0 Å². The molecule has 0 aliphatic carbocycles. The summed E-state index contributed by atoms with van der Waals surface area (Å²) >= 11 is 0. The van der Waals surface area contributed by atoms with Gasteiger partial charge in [-0.25, -0.2) is 0 Å². The molecule has 6 aromatic carbocycles. The van der Waals surface area contributed by atoms with E-state index in [0.29, 0.717) is 28.9 Å². The fourth-order valence-electron chi connectivity index (χ4n) is 7.06. The van der Waals surface area contributed by atoms with Crippen LogP contribution in [0.5, 0.6) is 0 Å². The van der Waals surface area contributed by atoms with Crippen molar-refractivity contribution >= 4 is 10.9 Å². The van der Waals surface area contributed by atoms with Crippen LogP contribution in [0, 0.1) is 0 Å². The molecule has 0 spiro atoms. The summed E-state index contributed by atoms with van der Waals surface area (Å²) in [5.74, 6) is 0.458. The minimum absolute atomic E-state index is 0.0366. The van der Waals surface area contributed by atoms with E-state index in [1.807, 2.05) is 116 Å². The van der Waals surface area contributed by atoms with Gasteiger partial charge in [-0.2, -0.15) is 13.2 Å². The van der Waals surface area contributed by atoms with Crippen molar-refractivity contribution < 1.29 is 13.2 Å². The fraction of sp³-hybridized carbons (Fsp3) is 0.0909. The largest absolute Gasteiger partial charge is 0.418 e. The van der Waals surface area contributed by atoms with Gasteiger partial charge in [0.15, 0.2) is 5.54 Å². The van der Waals surface area contributed by atoms with E-state index in [2.05, 4.69) is 46.5 Å². The van der Waals surface area contributed by atoms with Gasteiger partial charge in [-0.05, 0) is 62.7 Å². The molecule has 0 aliphatic rings. The van der Waals surface area contributed by atoms with Crippen molar-refractivity contribution in [1.82, 2.24) is 25.2 Å². The van der Waals surface area contributed by atoms with Crippen LogP contribution >= 0.6 is 0 Å². The fourth-order valence-corrected chi connectivity index (χ4v) is 7.06. The molecule has 0 unspecified atom stereocenters. The molecule has 0 aliphatic heterocycles. The summed E-state index contributed by atoms with van der Waals surface area (Å²) in [6.45, 7) is 1.89. The van der Waals surface area contributed by atoms with E-state index in [0.717, 1.165) is 45.0 Å². The lowest BCUT2D eigenvalue weighted by atomic mass is 9.77. The molecule has 0 atom stereocenters. The maximum Gasteiger partial charge on any atom is 0.418 e. The minimum Gasteiger partial charge on any atom is -0.252 e. The predicted octanol–water partition coefficient (Wildman–Crippen LogP) is 10.6. The third-order valence-electron chi connectivity index (χ3n) is 9.52. The molecule has 0 saturated carbocycles. The maximum absolute atomic E-state index is 14.0. The number of benzene rings is 6. The van der Waals surface area contributed by atoms with E-state index >= 15 is 0 Å². The number of para-hydroxylation sites is 1. The van der Waals surface area contributed by atoms with Crippen LogP contribution in [0.4, 0.5) is 13.2 Å². The Balaban J connectivity index is 1.23. The molecule has 8 aromatic rings. The summed E-state index contributed by atoms with van der Waals surface area (Å²) in [4.78, 5) is 6.10. The molecule has 5 nitrogen and oxygen atoms in total. The van der Waals surface area contributed by atoms with Crippen molar-refractivity contribution in [2.75, 3.05) is 0 Å². The highest BCUT2D eigenvalue weighted by atomic mass is 19.4. The second-order valence-electron chi connectivity index (χ2n) is 12.5. The first-order valence-corrected chi connectivity index (χ1v) is 17.0. The van der Waals surface area contributed by atoms with Crippen LogP contribution in [-0.2, 0) is 18.1 Å². The van der Waals surface area contributed by atoms with Gasteiger partial charge < -0.3 is 0 Å². The third kappa shape index (κ3) is 5.72. The zero-order valence-electron chi connectivity index (χ0n) is 28.2. The lowest BCUT2D eigenvalue weighted by Crippen LogP contribution is -2.39. The quantitative estimate of drug-likeness (QED) is 0.149. The van der Waals surface area contributed by atoms with E-state index < -0.39 is 17.3 Å². The summed E-state index contributed by atoms with van der Waals surface area (Å²) < 4.78 is 41.9. The third-order valence-corrected chi connectivity index (χ3v) is 9.52. The molecular formula is C44H32F3N5. The zero-order valence-corrected chi connectivity index (χ0v) is 28.2. The van der Waals surface area contributed by atoms with Gasteiger partial charge >= 0.3 is 6.18 Å². The molecule has 0 amide bonds. The Morgan fingerprint density at radius 2 is 1.08 bits per heavy atom. The Labute approximate surface area is 299 Å². The van der Waals surface area contributed by atoms with Crippen LogP contribution in [0.3, 0.4) is 0 Å². The number of alkyl halides is 3. The van der Waals surface area contributed by atoms with E-state index in [4.69, 9.17) is 10.3 Å². The number of aryl methyl sites for hydroxylation is 1. The summed E-state index contributed by atoms with van der Waals surface area (Å²) in [5.41, 5.74) is 5.96. The van der Waals surface area contributed by atoms with Crippen LogP contribution < -0.4 is 0 Å². The Kier molecular flexibility index (Phi) is 8.43. The molecule has 0 N–H and O–H groups in total. The van der Waals surface area contributed by atoms with Crippen molar-refractivity contribution in [1.29, 1.82) is 0 Å². The number of rotatable bonds is 8. The van der Waals surface area contributed by atoms with Crippen molar-refractivity contribution in [2.45, 2.75) is 25.1 Å². The predicted molar refractivity (Wildman–Crippen MR) is 198 cm³/mol. The van der Waals surface area contributed by atoms with Crippen molar-refractivity contribution in [3.8, 4) is 33.6 Å². The first-order valence-electron chi connectivity index (χ1n) is 17.0. The number of tetrazole rings is 1. The molecule has 0 saturated heterocycles. The van der Waals surface area contributed by atoms with Gasteiger partial charge in [-0.3, -0.25) is 4.98 Å². The molecular weight excluding hydrogens is 656 g/mol. The average molecular weight is 688 g/mol. The molecule has 254 valence electrons. The van der Waals surface area contributed by atoms with Crippen LogP contribution in [0.1, 0.15) is 34.9 Å². The highest BCUT2D eigenvalue weighted by Crippen LogP contribution is 2.41. The number of fused-ring (bicyclic) bond motifs is 1. The van der Waals surface area contributed by atoms with E-state index in [1.54, 1.807) is 10.9 Å². The number of hydrogen-bond donors (Lipinski definition) is 0. The van der Waals surface area contributed by atoms with Gasteiger partial charge in [0.05, 0.1) is 11.1 Å². The Bertz CT molecular complexity index is 2380. The van der Waals surface area contributed by atoms with Crippen molar-refractivity contribution in [3.05, 3.63) is 192 Å². The summed E-state index contributed by atoms with van der Waals surface area (Å²) in [5, 5.41) is 15.0. The first kappa shape index (κ1) is 32.8. The van der Waals surface area contributed by atoms with Crippen molar-refractivity contribution in [2.24, 2.45) is 0 Å². The molecule has 0 radical (unpaired) electrons. The van der Waals surface area contributed by atoms with Gasteiger partial charge in [-0.1, -0.05) is 159 Å². The van der Waals surface area contributed by atoms with Crippen LogP contribution in [0.25, 0.3) is 44.5 Å². The number of nitrogens with zero attached hydrogens (tertiary/aromatic N) is 5. The van der Waals surface area contributed by atoms with Crippen LogP contribution in [-0.4, -0.2) is 25.2 Å². The molecule has 8 rings (SSSR count). The zero-order chi connectivity index (χ0) is 35.7. The van der Waals surface area contributed by atoms with Crippen LogP contribution in [0.2, 0.25) is 0 Å². The van der Waals surface area contributed by atoms with Gasteiger partial charge in [0.1, 0.15) is 0 Å². The van der Waals surface area contributed by atoms with E-state index in [-0.39, 0.29) is 5.52 Å². The van der Waals surface area contributed by atoms with Gasteiger partial charge in [0, 0.05) is 16.6 Å². The average Bonchev–Trinajstić information content (AvgIpc) is 3.69. The van der Waals surface area contributed by atoms with E-state index in [9.17, 15) is 13.2 Å². The normalized spacial score (nSPS) is 11.9. The second-order valence-corrected chi connectivity index (χ2v) is 12.5. The first-order chi connectivity index (χ1) is 25.4. The highest BCUT2D eigenvalue weighted by molar-refractivity contribution is 5.97. The topological polar surface area (TPSA) is 56.5 Å². The Morgan fingerprint density at radius 3 is 1.62 bits per heavy atom. The number of aromatic nitrogens is 5. The van der Waals surface area contributed by atoms with Gasteiger partial charge in [0.2, 0.25) is 5.82 Å². The van der Waals surface area contributed by atoms with E-state index in [1.165, 1.54) is 6.07 Å². The van der Waals surface area contributed by atoms with Crippen LogP contribution in [0.15, 0.2) is 164 Å². The Hall–Kier alpha value is -6.41. The number of hydrogen-bond acceptors (Lipinski definition) is 4. The summed E-state index contributed by atoms with van der Waals surface area (Å²) in [6, 6.07) is 52.4. The molecule has 2 aromatic heterocycles. The molecule has 52 heavy (non-hydrogen) atoms. The standard InChI is InChI=1S/C44H32F3N5/c1-2-35-29-39(37-23-14-24-40(41(37)48-35)44(45,46)47)31-27-25-30(26-28-31)36-21-12-13-22-38(36)42-49-51-52(50-42)43(32-15-6-3-7-16-32,33-17-8-4-9-18-33)34-19-10-5-11-20-34/h3-29H,2H2,1H3. The SMILES string of the molecule is CCc1cc(-c2ccc(-c3ccccc3-c3nnn(C(c4ccccc4)(c4ccccc4)c4ccccc4)n3)cc2)c2cccc(C(F)(F)F)c2n1. The van der Waals surface area contributed by atoms with Gasteiger partial charge in [-0.15, -0.1) is 15.0 Å². The molecule has 2 heterocycles. The Morgan fingerprint density at radius 1 is 0.558 bits per heavy atom. The molecule has 0 fully saturated rings.